The zero-order chi connectivity index (χ0) is 9.26. The molecule has 0 aliphatic rings. The number of hydrogen-bond donors (Lipinski definition) is 0. The summed E-state index contributed by atoms with van der Waals surface area (Å²) in [5, 5.41) is 2.44. The first-order valence-corrected chi connectivity index (χ1v) is 4.98. The predicted molar refractivity (Wildman–Crippen MR) is 63.3 cm³/mol. The minimum absolute atomic E-state index is 0.932. The van der Waals surface area contributed by atoms with Crippen LogP contribution in [-0.2, 0) is 0 Å². The van der Waals surface area contributed by atoms with Gasteiger partial charge in [-0.25, -0.2) is 0 Å². The van der Waals surface area contributed by atoms with E-state index in [0.717, 1.165) is 5.75 Å². The molecule has 0 aliphatic carbocycles. The SMILES string of the molecule is Cc1ccc(OI)c2ccccc12. The molecule has 0 heterocycles. The lowest BCUT2D eigenvalue weighted by atomic mass is 10.1. The molecule has 2 rings (SSSR count). The van der Waals surface area contributed by atoms with Crippen LogP contribution in [0.2, 0.25) is 0 Å². The van der Waals surface area contributed by atoms with Crippen LogP contribution in [0.25, 0.3) is 10.8 Å². The average molecular weight is 284 g/mol. The Hall–Kier alpha value is -0.770. The molecule has 13 heavy (non-hydrogen) atoms. The van der Waals surface area contributed by atoms with E-state index in [1.165, 1.54) is 16.3 Å². The molecule has 0 amide bonds. The van der Waals surface area contributed by atoms with E-state index >= 15 is 0 Å². The maximum absolute atomic E-state index is 5.25. The fourth-order valence-corrected chi connectivity index (χ4v) is 1.87. The molecule has 0 N–H and O–H groups in total. The van der Waals surface area contributed by atoms with E-state index in [4.69, 9.17) is 3.07 Å². The maximum Gasteiger partial charge on any atom is 0.192 e. The average Bonchev–Trinajstić information content (AvgIpc) is 2.19. The number of fused-ring (bicyclic) bond motifs is 1. The van der Waals surface area contributed by atoms with Crippen LogP contribution in [0.3, 0.4) is 0 Å². The van der Waals surface area contributed by atoms with Crippen molar-refractivity contribution in [3.63, 3.8) is 0 Å². The van der Waals surface area contributed by atoms with Crippen molar-refractivity contribution in [3.05, 3.63) is 42.0 Å². The highest BCUT2D eigenvalue weighted by atomic mass is 127. The van der Waals surface area contributed by atoms with Gasteiger partial charge in [0.25, 0.3) is 0 Å². The molecule has 66 valence electrons. The number of aryl methyl sites for hydroxylation is 1. The van der Waals surface area contributed by atoms with E-state index in [1.54, 1.807) is 0 Å². The Kier molecular flexibility index (Phi) is 2.40. The minimum Gasteiger partial charge on any atom is -0.427 e. The van der Waals surface area contributed by atoms with Crippen LogP contribution in [0.5, 0.6) is 5.75 Å². The van der Waals surface area contributed by atoms with Crippen LogP contribution in [0.15, 0.2) is 36.4 Å². The fraction of sp³-hybridized carbons (Fsp3) is 0.0909. The van der Waals surface area contributed by atoms with Gasteiger partial charge in [0.15, 0.2) is 23.0 Å². The Bertz CT molecular complexity index is 437. The van der Waals surface area contributed by atoms with Crippen LogP contribution >= 0.6 is 23.0 Å². The van der Waals surface area contributed by atoms with E-state index in [1.807, 2.05) is 41.2 Å². The monoisotopic (exact) mass is 284 g/mol. The number of hydrogen-bond acceptors (Lipinski definition) is 1. The molecule has 0 atom stereocenters. The Labute approximate surface area is 91.4 Å². The van der Waals surface area contributed by atoms with Gasteiger partial charge < -0.3 is 3.07 Å². The first-order valence-electron chi connectivity index (χ1n) is 4.10. The fourth-order valence-electron chi connectivity index (χ4n) is 1.49. The van der Waals surface area contributed by atoms with Crippen LogP contribution in [-0.4, -0.2) is 0 Å². The smallest absolute Gasteiger partial charge is 0.192 e. The van der Waals surface area contributed by atoms with Crippen molar-refractivity contribution in [2.24, 2.45) is 0 Å². The van der Waals surface area contributed by atoms with E-state index in [9.17, 15) is 0 Å². The van der Waals surface area contributed by atoms with Crippen LogP contribution in [0, 0.1) is 6.92 Å². The van der Waals surface area contributed by atoms with Crippen LogP contribution in [0.4, 0.5) is 0 Å². The van der Waals surface area contributed by atoms with E-state index < -0.39 is 0 Å². The Morgan fingerprint density at radius 1 is 1.00 bits per heavy atom. The van der Waals surface area contributed by atoms with E-state index in [-0.39, 0.29) is 0 Å². The van der Waals surface area contributed by atoms with E-state index in [0.29, 0.717) is 0 Å². The molecule has 0 saturated carbocycles. The third-order valence-electron chi connectivity index (χ3n) is 2.19. The minimum atomic E-state index is 0.932. The summed E-state index contributed by atoms with van der Waals surface area (Å²) in [6, 6.07) is 12.4. The van der Waals surface area contributed by atoms with Gasteiger partial charge in [0, 0.05) is 5.39 Å². The molecule has 0 fully saturated rings. The summed E-state index contributed by atoms with van der Waals surface area (Å²) in [7, 11) is 0. The van der Waals surface area contributed by atoms with Gasteiger partial charge in [-0.05, 0) is 23.9 Å². The van der Waals surface area contributed by atoms with Gasteiger partial charge in [0.2, 0.25) is 0 Å². The summed E-state index contributed by atoms with van der Waals surface area (Å²) in [5.41, 5.74) is 1.28. The molecular formula is C11H9IO. The molecule has 0 saturated heterocycles. The third kappa shape index (κ3) is 1.50. The lowest BCUT2D eigenvalue weighted by Crippen LogP contribution is -1.81. The standard InChI is InChI=1S/C11H9IO/c1-8-6-7-11(13-12)10-5-3-2-4-9(8)10/h2-7H,1H3. The van der Waals surface area contributed by atoms with Crippen LogP contribution in [0.1, 0.15) is 5.56 Å². The van der Waals surface area contributed by atoms with Crippen molar-refractivity contribution in [2.45, 2.75) is 6.92 Å². The Morgan fingerprint density at radius 3 is 2.38 bits per heavy atom. The van der Waals surface area contributed by atoms with Gasteiger partial charge in [-0.2, -0.15) is 0 Å². The molecule has 1 nitrogen and oxygen atoms in total. The normalized spacial score (nSPS) is 10.3. The van der Waals surface area contributed by atoms with Gasteiger partial charge in [0.05, 0.1) is 0 Å². The van der Waals surface area contributed by atoms with E-state index in [2.05, 4.69) is 25.1 Å². The topological polar surface area (TPSA) is 9.23 Å². The van der Waals surface area contributed by atoms with Crippen molar-refractivity contribution >= 4 is 33.8 Å². The van der Waals surface area contributed by atoms with Gasteiger partial charge >= 0.3 is 0 Å². The summed E-state index contributed by atoms with van der Waals surface area (Å²) in [6.45, 7) is 2.11. The first-order chi connectivity index (χ1) is 6.33. The van der Waals surface area contributed by atoms with Crippen molar-refractivity contribution in [1.29, 1.82) is 0 Å². The van der Waals surface area contributed by atoms with Gasteiger partial charge in [-0.1, -0.05) is 30.3 Å². The zero-order valence-corrected chi connectivity index (χ0v) is 9.41. The summed E-state index contributed by atoms with van der Waals surface area (Å²) in [6.07, 6.45) is 0. The Balaban J connectivity index is 2.84. The number of rotatable bonds is 1. The number of halogens is 1. The van der Waals surface area contributed by atoms with Gasteiger partial charge in [-0.3, -0.25) is 0 Å². The summed E-state index contributed by atoms with van der Waals surface area (Å²) < 4.78 is 5.25. The molecule has 2 aromatic carbocycles. The predicted octanol–water partition coefficient (Wildman–Crippen LogP) is 3.88. The third-order valence-corrected chi connectivity index (χ3v) is 2.66. The lowest BCUT2D eigenvalue weighted by Gasteiger charge is -2.05. The molecule has 2 aromatic rings. The molecule has 0 bridgehead atoms. The first kappa shape index (κ1) is 8.81. The van der Waals surface area contributed by atoms with Crippen molar-refractivity contribution < 1.29 is 3.07 Å². The molecule has 0 spiro atoms. The lowest BCUT2D eigenvalue weighted by molar-refractivity contribution is 0.726. The second-order valence-corrected chi connectivity index (χ2v) is 3.44. The highest BCUT2D eigenvalue weighted by Gasteiger charge is 2.02. The van der Waals surface area contributed by atoms with Gasteiger partial charge in [0.1, 0.15) is 5.75 Å². The van der Waals surface area contributed by atoms with Crippen LogP contribution < -0.4 is 3.07 Å². The van der Waals surface area contributed by atoms with Crippen molar-refractivity contribution in [1.82, 2.24) is 0 Å². The van der Waals surface area contributed by atoms with Crippen molar-refractivity contribution in [2.75, 3.05) is 0 Å². The summed E-state index contributed by atoms with van der Waals surface area (Å²) >= 11 is 1.91. The Morgan fingerprint density at radius 2 is 1.69 bits per heavy atom. The maximum atomic E-state index is 5.25. The molecule has 0 aliphatic heterocycles. The molecular weight excluding hydrogens is 275 g/mol. The summed E-state index contributed by atoms with van der Waals surface area (Å²) in [4.78, 5) is 0. The molecule has 0 radical (unpaired) electrons. The number of benzene rings is 2. The summed E-state index contributed by atoms with van der Waals surface area (Å²) in [5.74, 6) is 0.932. The molecule has 0 unspecified atom stereocenters. The van der Waals surface area contributed by atoms with Crippen molar-refractivity contribution in [3.8, 4) is 5.75 Å². The molecule has 0 aromatic heterocycles. The quantitative estimate of drug-likeness (QED) is 0.722. The highest BCUT2D eigenvalue weighted by molar-refractivity contribution is 14.1. The van der Waals surface area contributed by atoms with Gasteiger partial charge in [-0.15, -0.1) is 0 Å². The molecule has 2 heteroatoms. The second-order valence-electron chi connectivity index (χ2n) is 3.00. The largest absolute Gasteiger partial charge is 0.427 e. The zero-order valence-electron chi connectivity index (χ0n) is 7.25. The second kappa shape index (κ2) is 3.54. The highest BCUT2D eigenvalue weighted by Crippen LogP contribution is 2.28.